The number of hydrogen-bond acceptors (Lipinski definition) is 6. The van der Waals surface area contributed by atoms with Crippen LogP contribution in [0.4, 0.5) is 8.78 Å². The molecule has 34 heavy (non-hydrogen) atoms. The zero-order valence-corrected chi connectivity index (χ0v) is 18.6. The van der Waals surface area contributed by atoms with E-state index in [9.17, 15) is 13.9 Å². The second-order valence-electron chi connectivity index (χ2n) is 9.49. The van der Waals surface area contributed by atoms with Crippen molar-refractivity contribution in [1.82, 2.24) is 25.1 Å². The molecule has 1 fully saturated rings. The molecule has 2 atom stereocenters. The highest BCUT2D eigenvalue weighted by Crippen LogP contribution is 2.69. The first kappa shape index (κ1) is 20.8. The molecule has 3 heterocycles. The predicted octanol–water partition coefficient (Wildman–Crippen LogP) is 5.18. The van der Waals surface area contributed by atoms with Crippen molar-refractivity contribution in [3.63, 3.8) is 0 Å². The van der Waals surface area contributed by atoms with E-state index in [1.165, 1.54) is 24.4 Å². The lowest BCUT2D eigenvalue weighted by Gasteiger charge is -2.37. The van der Waals surface area contributed by atoms with Crippen LogP contribution < -0.4 is 0 Å². The van der Waals surface area contributed by atoms with Gasteiger partial charge >= 0.3 is 0 Å². The normalized spacial score (nSPS) is 22.1. The smallest absolute Gasteiger partial charge is 0.222 e. The Morgan fingerprint density at radius 1 is 0.971 bits per heavy atom. The average Bonchev–Trinajstić information content (AvgIpc) is 3.20. The Morgan fingerprint density at radius 2 is 1.76 bits per heavy atom. The van der Waals surface area contributed by atoms with Gasteiger partial charge in [-0.1, -0.05) is 19.9 Å². The summed E-state index contributed by atoms with van der Waals surface area (Å²) in [5, 5.41) is 19.0. The largest absolute Gasteiger partial charge is 0.493 e. The van der Waals surface area contributed by atoms with E-state index >= 15 is 0 Å². The second-order valence-corrected chi connectivity index (χ2v) is 9.49. The zero-order chi connectivity index (χ0) is 23.7. The summed E-state index contributed by atoms with van der Waals surface area (Å²) in [7, 11) is 0. The van der Waals surface area contributed by atoms with Crippen molar-refractivity contribution in [2.24, 2.45) is 5.41 Å². The molecule has 6 nitrogen and oxygen atoms in total. The molecule has 0 aliphatic heterocycles. The average molecular weight is 457 g/mol. The van der Waals surface area contributed by atoms with Gasteiger partial charge in [-0.15, -0.1) is 5.10 Å². The van der Waals surface area contributed by atoms with E-state index < -0.39 is 17.0 Å². The molecule has 2 aliphatic rings. The lowest BCUT2D eigenvalue weighted by Crippen LogP contribution is -2.38. The SMILES string of the molecule is CC1(C)[C@H]2CC[C@@]1(c1ccnc(-c3cccnc3O)n1)c1nnc(-c3c(F)cccc3F)cc12. The van der Waals surface area contributed by atoms with Gasteiger partial charge in [0.25, 0.3) is 0 Å². The first-order chi connectivity index (χ1) is 16.3. The summed E-state index contributed by atoms with van der Waals surface area (Å²) in [6.07, 6.45) is 4.89. The first-order valence-electron chi connectivity index (χ1n) is 11.1. The molecule has 0 spiro atoms. The molecule has 1 saturated carbocycles. The molecule has 6 rings (SSSR count). The minimum absolute atomic E-state index is 0.135. The van der Waals surface area contributed by atoms with Crippen molar-refractivity contribution in [2.45, 2.75) is 38.0 Å². The molecule has 0 unspecified atom stereocenters. The maximum atomic E-state index is 14.5. The van der Waals surface area contributed by atoms with Crippen molar-refractivity contribution in [3.8, 4) is 28.5 Å². The Balaban J connectivity index is 1.53. The van der Waals surface area contributed by atoms with E-state index in [1.54, 1.807) is 24.4 Å². The van der Waals surface area contributed by atoms with Crippen LogP contribution in [0.3, 0.4) is 0 Å². The maximum Gasteiger partial charge on any atom is 0.222 e. The van der Waals surface area contributed by atoms with E-state index in [-0.39, 0.29) is 28.5 Å². The third-order valence-corrected chi connectivity index (χ3v) is 7.72. The van der Waals surface area contributed by atoms with Crippen LogP contribution in [0.1, 0.15) is 49.6 Å². The molecule has 8 heteroatoms. The Kier molecular flexibility index (Phi) is 4.33. The van der Waals surface area contributed by atoms with Crippen LogP contribution in [0.2, 0.25) is 0 Å². The van der Waals surface area contributed by atoms with E-state index in [4.69, 9.17) is 4.98 Å². The van der Waals surface area contributed by atoms with Gasteiger partial charge in [0.1, 0.15) is 11.6 Å². The van der Waals surface area contributed by atoms with Gasteiger partial charge in [-0.2, -0.15) is 5.10 Å². The van der Waals surface area contributed by atoms with Crippen molar-refractivity contribution in [3.05, 3.63) is 83.4 Å². The zero-order valence-electron chi connectivity index (χ0n) is 18.6. The summed E-state index contributed by atoms with van der Waals surface area (Å²) >= 11 is 0. The Hall–Kier alpha value is -3.81. The number of aromatic hydroxyl groups is 1. The van der Waals surface area contributed by atoms with Crippen molar-refractivity contribution >= 4 is 0 Å². The quantitative estimate of drug-likeness (QED) is 0.456. The van der Waals surface area contributed by atoms with E-state index in [0.717, 1.165) is 29.8 Å². The molecule has 170 valence electrons. The van der Waals surface area contributed by atoms with Gasteiger partial charge in [-0.25, -0.2) is 23.7 Å². The summed E-state index contributed by atoms with van der Waals surface area (Å²) in [5.41, 5.74) is 2.19. The Morgan fingerprint density at radius 3 is 2.53 bits per heavy atom. The summed E-state index contributed by atoms with van der Waals surface area (Å²) < 4.78 is 28.9. The molecule has 3 aromatic heterocycles. The number of benzene rings is 1. The van der Waals surface area contributed by atoms with Gasteiger partial charge in [-0.05, 0) is 66.1 Å². The van der Waals surface area contributed by atoms with Gasteiger partial charge in [0.15, 0.2) is 5.82 Å². The molecule has 0 saturated heterocycles. The number of halogens is 2. The topological polar surface area (TPSA) is 84.7 Å². The monoisotopic (exact) mass is 457 g/mol. The van der Waals surface area contributed by atoms with Crippen molar-refractivity contribution < 1.29 is 13.9 Å². The fourth-order valence-electron chi connectivity index (χ4n) is 6.05. The molecule has 0 amide bonds. The number of rotatable bonds is 3. The molecule has 1 aromatic carbocycles. The fraction of sp³-hybridized carbons (Fsp3) is 0.269. The molecule has 4 aromatic rings. The Labute approximate surface area is 194 Å². The van der Waals surface area contributed by atoms with Crippen LogP contribution in [0, 0.1) is 17.0 Å². The van der Waals surface area contributed by atoms with Crippen molar-refractivity contribution in [1.29, 1.82) is 0 Å². The third-order valence-electron chi connectivity index (χ3n) is 7.72. The van der Waals surface area contributed by atoms with Gasteiger partial charge in [0.2, 0.25) is 5.88 Å². The number of nitrogens with zero attached hydrogens (tertiary/aromatic N) is 5. The molecule has 2 bridgehead atoms. The lowest BCUT2D eigenvalue weighted by atomic mass is 9.66. The molecule has 1 N–H and O–H groups in total. The van der Waals surface area contributed by atoms with E-state index in [0.29, 0.717) is 11.4 Å². The fourth-order valence-corrected chi connectivity index (χ4v) is 6.05. The number of hydrogen-bond donors (Lipinski definition) is 1. The maximum absolute atomic E-state index is 14.5. The van der Waals surface area contributed by atoms with Crippen LogP contribution in [-0.2, 0) is 5.41 Å². The highest BCUT2D eigenvalue weighted by molar-refractivity contribution is 5.65. The highest BCUT2D eigenvalue weighted by Gasteiger charge is 2.65. The predicted molar refractivity (Wildman–Crippen MR) is 121 cm³/mol. The molecular weight excluding hydrogens is 436 g/mol. The van der Waals surface area contributed by atoms with Gasteiger partial charge in [0.05, 0.1) is 33.6 Å². The number of fused-ring (bicyclic) bond motifs is 5. The van der Waals surface area contributed by atoms with Crippen LogP contribution in [0.5, 0.6) is 5.88 Å². The van der Waals surface area contributed by atoms with Gasteiger partial charge in [0, 0.05) is 12.4 Å². The van der Waals surface area contributed by atoms with Gasteiger partial charge < -0.3 is 5.11 Å². The van der Waals surface area contributed by atoms with Gasteiger partial charge in [-0.3, -0.25) is 0 Å². The first-order valence-corrected chi connectivity index (χ1v) is 11.1. The third kappa shape index (κ3) is 2.62. The minimum atomic E-state index is -0.664. The summed E-state index contributed by atoms with van der Waals surface area (Å²) in [6.45, 7) is 4.36. The molecule has 0 radical (unpaired) electrons. The van der Waals surface area contributed by atoms with Crippen LogP contribution in [0.15, 0.2) is 54.9 Å². The lowest BCUT2D eigenvalue weighted by molar-refractivity contribution is 0.243. The van der Waals surface area contributed by atoms with Crippen LogP contribution in [0.25, 0.3) is 22.6 Å². The number of aromatic nitrogens is 5. The summed E-state index contributed by atoms with van der Waals surface area (Å²) in [5.74, 6) is -0.949. The van der Waals surface area contributed by atoms with Crippen LogP contribution >= 0.6 is 0 Å². The van der Waals surface area contributed by atoms with Crippen molar-refractivity contribution in [2.75, 3.05) is 0 Å². The Bertz CT molecular complexity index is 1440. The summed E-state index contributed by atoms with van der Waals surface area (Å²) in [6, 6.07) is 10.9. The molecule has 2 aliphatic carbocycles. The second kappa shape index (κ2) is 7.09. The van der Waals surface area contributed by atoms with E-state index in [1.807, 2.05) is 6.07 Å². The standard InChI is InChI=1S/C26H21F2N5O/c1-25(2)16-8-10-26(25,20-9-12-29-23(31-20)14-5-4-11-30-24(14)34)22-15(16)13-19(32-33-22)21-17(27)6-3-7-18(21)28/h3-7,9,11-13,16H,8,10H2,1-2H3,(H,30,34)/t16-,26+/m0/s1. The number of pyridine rings is 1. The van der Waals surface area contributed by atoms with Crippen LogP contribution in [-0.4, -0.2) is 30.3 Å². The summed E-state index contributed by atoms with van der Waals surface area (Å²) in [4.78, 5) is 13.2. The molecular formula is C26H21F2N5O. The minimum Gasteiger partial charge on any atom is -0.493 e. The van der Waals surface area contributed by atoms with E-state index in [2.05, 4.69) is 34.0 Å². The highest BCUT2D eigenvalue weighted by atomic mass is 19.1.